The van der Waals surface area contributed by atoms with Crippen LogP contribution < -0.4 is 5.90 Å². The van der Waals surface area contributed by atoms with Crippen molar-refractivity contribution in [1.82, 2.24) is 4.90 Å². The molecule has 9 nitrogen and oxygen atoms in total. The first-order valence-corrected chi connectivity index (χ1v) is 12.3. The number of oxime groups is 1. The van der Waals surface area contributed by atoms with Crippen LogP contribution in [0.3, 0.4) is 0 Å². The minimum absolute atomic E-state index is 0.111. The number of hydrogen-bond acceptors (Lipinski definition) is 7. The van der Waals surface area contributed by atoms with E-state index < -0.39 is 22.0 Å². The van der Waals surface area contributed by atoms with Gasteiger partial charge in [-0.05, 0) is 59.5 Å². The van der Waals surface area contributed by atoms with Crippen LogP contribution >= 0.6 is 11.6 Å². The maximum atomic E-state index is 12.9. The third-order valence-corrected chi connectivity index (χ3v) is 7.28. The van der Waals surface area contributed by atoms with Crippen molar-refractivity contribution in [3.05, 3.63) is 94.5 Å². The van der Waals surface area contributed by atoms with Crippen molar-refractivity contribution in [2.75, 3.05) is 13.1 Å². The summed E-state index contributed by atoms with van der Waals surface area (Å²) in [7, 11) is -3.74. The maximum Gasteiger partial charge on any atom is 0.407 e. The number of aliphatic hydroxyl groups is 1. The van der Waals surface area contributed by atoms with Gasteiger partial charge in [-0.25, -0.2) is 13.2 Å². The van der Waals surface area contributed by atoms with Crippen molar-refractivity contribution in [3.63, 3.8) is 0 Å². The standard InChI is InChI=1S/C24H24ClN3O6S/c25-20-3-1-2-19(14-20)23(29)16-28(24(30)31)13-12-17-4-8-21(9-5-17)35(32,33)22-10-6-18(7-11-22)15-27-34-26/h1-11,14-15,23,29H,12-13,16,26H2,(H,30,31)/t23-/m0/s1. The molecule has 0 heterocycles. The van der Waals surface area contributed by atoms with Crippen molar-refractivity contribution in [2.45, 2.75) is 22.3 Å². The van der Waals surface area contributed by atoms with Crippen molar-refractivity contribution >= 4 is 33.7 Å². The Morgan fingerprint density at radius 3 is 2.29 bits per heavy atom. The molecule has 0 aliphatic carbocycles. The number of nitrogens with two attached hydrogens (primary N) is 1. The molecule has 11 heteroatoms. The lowest BCUT2D eigenvalue weighted by Gasteiger charge is -2.23. The number of carbonyl (C=O) groups is 1. The average molecular weight is 518 g/mol. The third-order valence-electron chi connectivity index (χ3n) is 5.25. The molecule has 0 saturated heterocycles. The van der Waals surface area contributed by atoms with E-state index in [1.807, 2.05) is 0 Å². The fraction of sp³-hybridized carbons (Fsp3) is 0.167. The Bertz CT molecular complexity index is 1280. The monoisotopic (exact) mass is 517 g/mol. The fourth-order valence-corrected chi connectivity index (χ4v) is 4.81. The van der Waals surface area contributed by atoms with Crippen molar-refractivity contribution < 1.29 is 28.4 Å². The Morgan fingerprint density at radius 2 is 1.71 bits per heavy atom. The Kier molecular flexibility index (Phi) is 8.83. The molecule has 0 saturated carbocycles. The molecule has 3 rings (SSSR count). The zero-order valence-corrected chi connectivity index (χ0v) is 20.1. The van der Waals surface area contributed by atoms with E-state index in [4.69, 9.17) is 17.5 Å². The lowest BCUT2D eigenvalue weighted by molar-refractivity contribution is 0.0973. The van der Waals surface area contributed by atoms with Crippen molar-refractivity contribution in [1.29, 1.82) is 0 Å². The number of halogens is 1. The third kappa shape index (κ3) is 7.03. The minimum Gasteiger partial charge on any atom is -0.465 e. The number of carboxylic acid groups (broad SMARTS) is 1. The molecule has 0 aromatic heterocycles. The Balaban J connectivity index is 1.65. The second kappa shape index (κ2) is 11.8. The first-order chi connectivity index (χ1) is 16.7. The first-order valence-electron chi connectivity index (χ1n) is 10.5. The number of aliphatic hydroxyl groups excluding tert-OH is 1. The second-order valence-electron chi connectivity index (χ2n) is 7.61. The van der Waals surface area contributed by atoms with Gasteiger partial charge in [-0.2, -0.15) is 0 Å². The number of amides is 1. The van der Waals surface area contributed by atoms with Gasteiger partial charge in [-0.1, -0.05) is 53.2 Å². The van der Waals surface area contributed by atoms with E-state index in [0.717, 1.165) is 10.5 Å². The van der Waals surface area contributed by atoms with Crippen LogP contribution in [0, 0.1) is 0 Å². The summed E-state index contributed by atoms with van der Waals surface area (Å²) < 4.78 is 25.8. The average Bonchev–Trinajstić information content (AvgIpc) is 2.85. The normalized spacial score (nSPS) is 12.4. The molecule has 4 N–H and O–H groups in total. The molecular formula is C24H24ClN3O6S. The SMILES string of the molecule is NON=Cc1ccc(S(=O)(=O)c2ccc(CCN(C[C@H](O)c3cccc(Cl)c3)C(=O)O)cc2)cc1. The molecule has 3 aromatic rings. The summed E-state index contributed by atoms with van der Waals surface area (Å²) in [6.07, 6.45) is -0.513. The minimum atomic E-state index is -3.74. The van der Waals surface area contributed by atoms with Gasteiger partial charge in [0.2, 0.25) is 9.84 Å². The predicted octanol–water partition coefficient (Wildman–Crippen LogP) is 3.65. The molecule has 0 aliphatic heterocycles. The van der Waals surface area contributed by atoms with Gasteiger partial charge in [0.05, 0.1) is 28.7 Å². The molecule has 0 unspecified atom stereocenters. The van der Waals surface area contributed by atoms with Gasteiger partial charge in [-0.15, -0.1) is 5.90 Å². The smallest absolute Gasteiger partial charge is 0.407 e. The molecule has 1 amide bonds. The molecule has 0 aliphatic rings. The van der Waals surface area contributed by atoms with E-state index in [0.29, 0.717) is 22.6 Å². The fourth-order valence-electron chi connectivity index (χ4n) is 3.35. The quantitative estimate of drug-likeness (QED) is 0.275. The maximum absolute atomic E-state index is 12.9. The summed E-state index contributed by atoms with van der Waals surface area (Å²) in [6, 6.07) is 18.9. The molecular weight excluding hydrogens is 494 g/mol. The van der Waals surface area contributed by atoms with Crippen LogP contribution in [0.4, 0.5) is 4.79 Å². The zero-order valence-electron chi connectivity index (χ0n) is 18.5. The molecule has 35 heavy (non-hydrogen) atoms. The van der Waals surface area contributed by atoms with Gasteiger partial charge in [0.1, 0.15) is 0 Å². The van der Waals surface area contributed by atoms with E-state index in [1.54, 1.807) is 48.5 Å². The Labute approximate surface area is 207 Å². The Morgan fingerprint density at radius 1 is 1.09 bits per heavy atom. The van der Waals surface area contributed by atoms with Crippen LogP contribution in [-0.4, -0.2) is 48.9 Å². The molecule has 0 spiro atoms. The van der Waals surface area contributed by atoms with E-state index in [-0.39, 0.29) is 22.9 Å². The number of benzene rings is 3. The van der Waals surface area contributed by atoms with E-state index in [9.17, 15) is 23.4 Å². The highest BCUT2D eigenvalue weighted by Gasteiger charge is 2.20. The van der Waals surface area contributed by atoms with Gasteiger partial charge in [0.25, 0.3) is 0 Å². The molecule has 0 radical (unpaired) electrons. The first kappa shape index (κ1) is 26.2. The van der Waals surface area contributed by atoms with Crippen LogP contribution in [0.5, 0.6) is 0 Å². The highest BCUT2D eigenvalue weighted by molar-refractivity contribution is 7.91. The highest BCUT2D eigenvalue weighted by Crippen LogP contribution is 2.22. The van der Waals surface area contributed by atoms with Gasteiger partial charge in [0.15, 0.2) is 0 Å². The summed E-state index contributed by atoms with van der Waals surface area (Å²) >= 11 is 5.94. The van der Waals surface area contributed by atoms with Crippen molar-refractivity contribution in [3.8, 4) is 0 Å². The second-order valence-corrected chi connectivity index (χ2v) is 9.99. The van der Waals surface area contributed by atoms with Crippen LogP contribution in [0.2, 0.25) is 5.02 Å². The highest BCUT2D eigenvalue weighted by atomic mass is 35.5. The molecule has 3 aromatic carbocycles. The molecule has 0 fully saturated rings. The van der Waals surface area contributed by atoms with Crippen LogP contribution in [-0.2, 0) is 21.2 Å². The van der Waals surface area contributed by atoms with Crippen molar-refractivity contribution in [2.24, 2.45) is 11.1 Å². The van der Waals surface area contributed by atoms with E-state index in [1.165, 1.54) is 30.5 Å². The predicted molar refractivity (Wildman–Crippen MR) is 131 cm³/mol. The van der Waals surface area contributed by atoms with E-state index in [2.05, 4.69) is 10.1 Å². The number of hydrogen-bond donors (Lipinski definition) is 3. The van der Waals surface area contributed by atoms with Crippen LogP contribution in [0.15, 0.2) is 87.7 Å². The van der Waals surface area contributed by atoms with Gasteiger partial charge < -0.3 is 20.1 Å². The summed E-state index contributed by atoms with van der Waals surface area (Å²) in [4.78, 5) is 17.1. The summed E-state index contributed by atoms with van der Waals surface area (Å²) in [5, 5.41) is 23.8. The lowest BCUT2D eigenvalue weighted by Crippen LogP contribution is -2.35. The zero-order chi connectivity index (χ0) is 25.4. The summed E-state index contributed by atoms with van der Waals surface area (Å²) in [5.41, 5.74) is 1.89. The van der Waals surface area contributed by atoms with E-state index >= 15 is 0 Å². The Hall–Kier alpha value is -3.44. The topological polar surface area (TPSA) is 143 Å². The van der Waals surface area contributed by atoms with Gasteiger partial charge >= 0.3 is 6.09 Å². The lowest BCUT2D eigenvalue weighted by atomic mass is 10.1. The molecule has 184 valence electrons. The van der Waals surface area contributed by atoms with Gasteiger partial charge in [-0.3, -0.25) is 0 Å². The van der Waals surface area contributed by atoms with Crippen LogP contribution in [0.1, 0.15) is 22.8 Å². The van der Waals surface area contributed by atoms with Crippen LogP contribution in [0.25, 0.3) is 0 Å². The number of rotatable bonds is 10. The number of nitrogens with zero attached hydrogens (tertiary/aromatic N) is 2. The largest absolute Gasteiger partial charge is 0.465 e. The summed E-state index contributed by atoms with van der Waals surface area (Å²) in [6.45, 7) is -0.00513. The molecule has 0 bridgehead atoms. The number of sulfone groups is 1. The summed E-state index contributed by atoms with van der Waals surface area (Å²) in [5.74, 6) is 4.83. The molecule has 1 atom stereocenters. The van der Waals surface area contributed by atoms with Gasteiger partial charge in [0, 0.05) is 11.6 Å².